The molecule has 0 aromatic heterocycles. The molecule has 0 bridgehead atoms. The molecule has 1 rings (SSSR count). The van der Waals surface area contributed by atoms with Gasteiger partial charge < -0.3 is 4.74 Å². The molecule has 3 nitrogen and oxygen atoms in total. The zero-order valence-corrected chi connectivity index (χ0v) is 7.57. The van der Waals surface area contributed by atoms with Gasteiger partial charge in [-0.3, -0.25) is 10.5 Å². The Kier molecular flexibility index (Phi) is 3.46. The Labute approximate surface area is 77.5 Å². The van der Waals surface area contributed by atoms with Crippen LogP contribution < -0.4 is 5.73 Å². The van der Waals surface area contributed by atoms with Crippen LogP contribution in [0.2, 0.25) is 0 Å². The monoisotopic (exact) mass is 179 g/mol. The normalized spacial score (nSPS) is 12.2. The number of ether oxygens (including phenoxy) is 1. The molecule has 0 aliphatic carbocycles. The fourth-order valence-corrected chi connectivity index (χ4v) is 1.08. The molecule has 70 valence electrons. The van der Waals surface area contributed by atoms with E-state index < -0.39 is 6.23 Å². The first kappa shape index (κ1) is 9.74. The zero-order chi connectivity index (χ0) is 9.68. The van der Waals surface area contributed by atoms with E-state index in [2.05, 4.69) is 4.74 Å². The molecule has 3 heteroatoms. The summed E-state index contributed by atoms with van der Waals surface area (Å²) < 4.78 is 4.57. The maximum Gasteiger partial charge on any atom is 0.294 e. The average molecular weight is 179 g/mol. The molecule has 0 fully saturated rings. The van der Waals surface area contributed by atoms with Crippen molar-refractivity contribution in [1.82, 2.24) is 0 Å². The van der Waals surface area contributed by atoms with Gasteiger partial charge in [0.1, 0.15) is 0 Å². The predicted octanol–water partition coefficient (Wildman–Crippen LogP) is 0.995. The third-order valence-corrected chi connectivity index (χ3v) is 1.79. The summed E-state index contributed by atoms with van der Waals surface area (Å²) in [7, 11) is 0. The lowest BCUT2D eigenvalue weighted by atomic mass is 10.1. The maximum atomic E-state index is 9.96. The molecular weight excluding hydrogens is 166 g/mol. The number of nitrogens with two attached hydrogens (primary N) is 1. The van der Waals surface area contributed by atoms with Crippen molar-refractivity contribution in [3.63, 3.8) is 0 Å². The SMILES string of the molecule is Cc1ccc(C[C@@H](N)OC=O)cc1. The van der Waals surface area contributed by atoms with Gasteiger partial charge in [-0.1, -0.05) is 29.8 Å². The highest BCUT2D eigenvalue weighted by Crippen LogP contribution is 2.05. The average Bonchev–Trinajstić information content (AvgIpc) is 2.09. The van der Waals surface area contributed by atoms with Crippen molar-refractivity contribution in [2.24, 2.45) is 5.73 Å². The smallest absolute Gasteiger partial charge is 0.294 e. The van der Waals surface area contributed by atoms with Crippen molar-refractivity contribution >= 4 is 6.47 Å². The zero-order valence-electron chi connectivity index (χ0n) is 7.57. The Bertz CT molecular complexity index is 269. The molecule has 1 atom stereocenters. The molecule has 0 radical (unpaired) electrons. The van der Waals surface area contributed by atoms with E-state index in [-0.39, 0.29) is 0 Å². The molecule has 0 heterocycles. The van der Waals surface area contributed by atoms with Crippen molar-refractivity contribution in [3.8, 4) is 0 Å². The van der Waals surface area contributed by atoms with Crippen LogP contribution in [0, 0.1) is 6.92 Å². The number of hydrogen-bond acceptors (Lipinski definition) is 3. The molecule has 0 spiro atoms. The van der Waals surface area contributed by atoms with Gasteiger partial charge >= 0.3 is 0 Å². The van der Waals surface area contributed by atoms with Gasteiger partial charge in [0.2, 0.25) is 0 Å². The highest BCUT2D eigenvalue weighted by atomic mass is 16.5. The van der Waals surface area contributed by atoms with Gasteiger partial charge in [0.15, 0.2) is 6.23 Å². The molecule has 0 saturated carbocycles. The molecule has 0 aliphatic heterocycles. The summed E-state index contributed by atoms with van der Waals surface area (Å²) >= 11 is 0. The second-order valence-electron chi connectivity index (χ2n) is 2.96. The minimum atomic E-state index is -0.541. The van der Waals surface area contributed by atoms with E-state index in [0.29, 0.717) is 12.9 Å². The number of aryl methyl sites for hydroxylation is 1. The third kappa shape index (κ3) is 3.25. The van der Waals surface area contributed by atoms with Gasteiger partial charge in [0.25, 0.3) is 6.47 Å². The van der Waals surface area contributed by atoms with E-state index >= 15 is 0 Å². The number of hydrogen-bond donors (Lipinski definition) is 1. The molecule has 0 aliphatic rings. The highest BCUT2D eigenvalue weighted by Gasteiger charge is 2.02. The Hall–Kier alpha value is -1.35. The summed E-state index contributed by atoms with van der Waals surface area (Å²) in [6.07, 6.45) is 0.0131. The van der Waals surface area contributed by atoms with Gasteiger partial charge in [0, 0.05) is 6.42 Å². The van der Waals surface area contributed by atoms with Crippen LogP contribution in [0.1, 0.15) is 11.1 Å². The Morgan fingerprint density at radius 2 is 2.08 bits per heavy atom. The van der Waals surface area contributed by atoms with Crippen LogP contribution in [-0.2, 0) is 16.0 Å². The minimum Gasteiger partial charge on any atom is -0.449 e. The summed E-state index contributed by atoms with van der Waals surface area (Å²) in [5, 5.41) is 0. The summed E-state index contributed by atoms with van der Waals surface area (Å²) in [5.74, 6) is 0. The molecule has 1 aromatic rings. The quantitative estimate of drug-likeness (QED) is 0.554. The molecule has 0 amide bonds. The standard InChI is InChI=1S/C10H13NO2/c1-8-2-4-9(5-3-8)6-10(11)13-7-12/h2-5,7,10H,6,11H2,1H3/t10-/m0/s1. The molecule has 13 heavy (non-hydrogen) atoms. The van der Waals surface area contributed by atoms with Crippen LogP contribution in [0.5, 0.6) is 0 Å². The molecule has 0 unspecified atom stereocenters. The van der Waals surface area contributed by atoms with Crippen molar-refractivity contribution in [2.75, 3.05) is 0 Å². The van der Waals surface area contributed by atoms with Crippen LogP contribution in [0.4, 0.5) is 0 Å². The number of rotatable bonds is 4. The molecule has 1 aromatic carbocycles. The molecule has 0 saturated heterocycles. The lowest BCUT2D eigenvalue weighted by molar-refractivity contribution is -0.133. The maximum absolute atomic E-state index is 9.96. The number of benzene rings is 1. The number of carbonyl (C=O) groups is 1. The molecule has 2 N–H and O–H groups in total. The highest BCUT2D eigenvalue weighted by molar-refractivity contribution is 5.37. The largest absolute Gasteiger partial charge is 0.449 e. The fourth-order valence-electron chi connectivity index (χ4n) is 1.08. The van der Waals surface area contributed by atoms with Gasteiger partial charge in [-0.2, -0.15) is 0 Å². The lowest BCUT2D eigenvalue weighted by Gasteiger charge is -2.08. The van der Waals surface area contributed by atoms with Crippen LogP contribution in [-0.4, -0.2) is 12.7 Å². The van der Waals surface area contributed by atoms with E-state index in [4.69, 9.17) is 5.73 Å². The number of carbonyl (C=O) groups excluding carboxylic acids is 1. The van der Waals surface area contributed by atoms with E-state index in [0.717, 1.165) is 5.56 Å². The first-order valence-corrected chi connectivity index (χ1v) is 4.12. The van der Waals surface area contributed by atoms with E-state index in [1.165, 1.54) is 5.56 Å². The van der Waals surface area contributed by atoms with Crippen LogP contribution in [0.15, 0.2) is 24.3 Å². The summed E-state index contributed by atoms with van der Waals surface area (Å²) in [5.41, 5.74) is 7.77. The summed E-state index contributed by atoms with van der Waals surface area (Å²) in [4.78, 5) is 9.96. The Morgan fingerprint density at radius 1 is 1.46 bits per heavy atom. The second kappa shape index (κ2) is 4.62. The van der Waals surface area contributed by atoms with E-state index in [1.807, 2.05) is 31.2 Å². The minimum absolute atomic E-state index is 0.374. The molecular formula is C10H13NO2. The Morgan fingerprint density at radius 3 is 2.62 bits per heavy atom. The van der Waals surface area contributed by atoms with Crippen molar-refractivity contribution < 1.29 is 9.53 Å². The van der Waals surface area contributed by atoms with Crippen LogP contribution in [0.3, 0.4) is 0 Å². The van der Waals surface area contributed by atoms with E-state index in [9.17, 15) is 4.79 Å². The summed E-state index contributed by atoms with van der Waals surface area (Å²) in [6.45, 7) is 2.39. The Balaban J connectivity index is 2.53. The van der Waals surface area contributed by atoms with Gasteiger partial charge in [-0.15, -0.1) is 0 Å². The second-order valence-corrected chi connectivity index (χ2v) is 2.96. The van der Waals surface area contributed by atoms with E-state index in [1.54, 1.807) is 0 Å². The third-order valence-electron chi connectivity index (χ3n) is 1.79. The van der Waals surface area contributed by atoms with Gasteiger partial charge in [-0.05, 0) is 12.5 Å². The van der Waals surface area contributed by atoms with Crippen molar-refractivity contribution in [1.29, 1.82) is 0 Å². The van der Waals surface area contributed by atoms with Crippen molar-refractivity contribution in [2.45, 2.75) is 19.6 Å². The van der Waals surface area contributed by atoms with Crippen molar-refractivity contribution in [3.05, 3.63) is 35.4 Å². The predicted molar refractivity (Wildman–Crippen MR) is 50.0 cm³/mol. The van der Waals surface area contributed by atoms with Gasteiger partial charge in [0.05, 0.1) is 0 Å². The van der Waals surface area contributed by atoms with Crippen LogP contribution in [0.25, 0.3) is 0 Å². The topological polar surface area (TPSA) is 52.3 Å². The fraction of sp³-hybridized carbons (Fsp3) is 0.300. The van der Waals surface area contributed by atoms with Crippen LogP contribution >= 0.6 is 0 Å². The van der Waals surface area contributed by atoms with Gasteiger partial charge in [-0.25, -0.2) is 0 Å². The summed E-state index contributed by atoms with van der Waals surface area (Å²) in [6, 6.07) is 7.96. The first-order chi connectivity index (χ1) is 6.22. The first-order valence-electron chi connectivity index (χ1n) is 4.12. The lowest BCUT2D eigenvalue weighted by Crippen LogP contribution is -2.25.